The molecule has 0 amide bonds. The Bertz CT molecular complexity index is 3700. The summed E-state index contributed by atoms with van der Waals surface area (Å²) in [7, 11) is 0. The number of benzene rings is 8. The summed E-state index contributed by atoms with van der Waals surface area (Å²) < 4.78 is 4.94. The van der Waals surface area contributed by atoms with Gasteiger partial charge in [0.2, 0.25) is 6.71 Å². The topological polar surface area (TPSA) is 13.1 Å². The fourth-order valence-electron chi connectivity index (χ4n) is 12.1. The van der Waals surface area contributed by atoms with Gasteiger partial charge >= 0.3 is 0 Å². The van der Waals surface area contributed by atoms with Crippen molar-refractivity contribution >= 4 is 89.9 Å². The van der Waals surface area contributed by atoms with E-state index in [1.807, 2.05) is 0 Å². The molecule has 62 heavy (non-hydrogen) atoms. The van der Waals surface area contributed by atoms with E-state index < -0.39 is 0 Å². The van der Waals surface area contributed by atoms with Crippen LogP contribution in [0.25, 0.3) is 72.2 Å². The summed E-state index contributed by atoms with van der Waals surface area (Å²) in [5.74, 6) is 0.323. The Balaban J connectivity index is 0.993. The number of anilines is 3. The Kier molecular flexibility index (Phi) is 6.34. The molecule has 3 aliphatic carbocycles. The van der Waals surface area contributed by atoms with E-state index in [-0.39, 0.29) is 6.71 Å². The zero-order valence-corrected chi connectivity index (χ0v) is 33.8. The van der Waals surface area contributed by atoms with E-state index in [1.54, 1.807) is 0 Å². The van der Waals surface area contributed by atoms with Gasteiger partial charge in [0, 0.05) is 55.9 Å². The standard InChI is InChI=1S/C58H36BN3/c1-5-18-50-43(13-1)44-14-2-6-19-51(44)60(50)39-27-29-42-47-17-10-22-55-58(47)59(48(42)33-39)49-34-40(61-52-20-7-3-15-45(52)46-16-4-8-21-53(46)61)28-30-54(49)62(55)41-31-37-25-23-35-11-9-12-36-24-26-38(32-41)57(37)56(35)36/h1-25,27-34,56H,26H2. The molecule has 0 spiro atoms. The maximum atomic E-state index is 2.58. The van der Waals surface area contributed by atoms with Crippen LogP contribution in [0.2, 0.25) is 0 Å². The molecule has 15 rings (SSSR count). The number of hydrogen-bond acceptors (Lipinski definition) is 1. The Hall–Kier alpha value is -7.82. The van der Waals surface area contributed by atoms with Gasteiger partial charge in [-0.15, -0.1) is 0 Å². The summed E-state index contributed by atoms with van der Waals surface area (Å²) in [5, 5.41) is 5.11. The molecule has 0 saturated heterocycles. The third-order valence-electron chi connectivity index (χ3n) is 14.6. The summed E-state index contributed by atoms with van der Waals surface area (Å²) in [6.45, 7) is 0.0478. The first kappa shape index (κ1) is 33.0. The van der Waals surface area contributed by atoms with Gasteiger partial charge in [-0.1, -0.05) is 133 Å². The lowest BCUT2D eigenvalue weighted by atomic mass is 9.37. The molecule has 0 radical (unpaired) electrons. The zero-order valence-electron chi connectivity index (χ0n) is 33.8. The van der Waals surface area contributed by atoms with Gasteiger partial charge in [0.15, 0.2) is 0 Å². The Morgan fingerprint density at radius 3 is 1.77 bits per heavy atom. The molecule has 1 atom stereocenters. The van der Waals surface area contributed by atoms with Gasteiger partial charge < -0.3 is 14.0 Å². The highest BCUT2D eigenvalue weighted by atomic mass is 15.2. The van der Waals surface area contributed by atoms with Crippen LogP contribution in [-0.2, 0) is 6.42 Å². The third-order valence-corrected chi connectivity index (χ3v) is 14.6. The highest BCUT2D eigenvalue weighted by Crippen LogP contribution is 2.49. The van der Waals surface area contributed by atoms with Crippen LogP contribution in [0.3, 0.4) is 0 Å². The summed E-state index contributed by atoms with van der Waals surface area (Å²) in [6, 6.07) is 61.8. The average molecular weight is 786 g/mol. The Morgan fingerprint density at radius 2 is 1.10 bits per heavy atom. The molecule has 286 valence electrons. The molecule has 0 fully saturated rings. The number of hydrogen-bond donors (Lipinski definition) is 0. The monoisotopic (exact) mass is 785 g/mol. The second kappa shape index (κ2) is 11.9. The fraction of sp³-hybridized carbons (Fsp3) is 0.0345. The maximum Gasteiger partial charge on any atom is 0.248 e. The van der Waals surface area contributed by atoms with Crippen LogP contribution in [0, 0.1) is 0 Å². The van der Waals surface area contributed by atoms with Gasteiger partial charge in [-0.3, -0.25) is 0 Å². The van der Waals surface area contributed by atoms with Crippen LogP contribution < -0.4 is 21.3 Å². The van der Waals surface area contributed by atoms with Crippen LogP contribution in [0.5, 0.6) is 0 Å². The molecule has 10 aromatic rings. The molecular weight excluding hydrogens is 749 g/mol. The molecule has 0 N–H and O–H groups in total. The maximum absolute atomic E-state index is 2.58. The van der Waals surface area contributed by atoms with Crippen molar-refractivity contribution in [3.8, 4) is 22.5 Å². The molecule has 4 heteroatoms. The number of fused-ring (bicyclic) bond motifs is 11. The first-order chi connectivity index (χ1) is 30.8. The summed E-state index contributed by atoms with van der Waals surface area (Å²) >= 11 is 0. The normalized spacial score (nSPS) is 16.2. The molecule has 5 aliphatic rings. The van der Waals surface area contributed by atoms with E-state index in [1.165, 1.54) is 127 Å². The number of allylic oxidation sites excluding steroid dienone is 7. The Morgan fingerprint density at radius 1 is 0.468 bits per heavy atom. The second-order valence-electron chi connectivity index (χ2n) is 17.6. The highest BCUT2D eigenvalue weighted by Gasteiger charge is 2.43. The predicted molar refractivity (Wildman–Crippen MR) is 261 cm³/mol. The number of aromatic nitrogens is 2. The largest absolute Gasteiger partial charge is 0.311 e. The molecule has 0 saturated carbocycles. The van der Waals surface area contributed by atoms with Gasteiger partial charge in [0.25, 0.3) is 0 Å². The van der Waals surface area contributed by atoms with Crippen molar-refractivity contribution in [2.75, 3.05) is 4.90 Å². The molecule has 2 aromatic heterocycles. The number of rotatable bonds is 3. The molecule has 1 unspecified atom stereocenters. The lowest BCUT2D eigenvalue weighted by Crippen LogP contribution is -2.54. The molecular formula is C58H36BN3. The van der Waals surface area contributed by atoms with Gasteiger partial charge in [-0.2, -0.15) is 0 Å². The van der Waals surface area contributed by atoms with Crippen molar-refractivity contribution in [3.63, 3.8) is 0 Å². The average Bonchev–Trinajstić information content (AvgIpc) is 3.97. The van der Waals surface area contributed by atoms with E-state index in [4.69, 9.17) is 0 Å². The number of nitrogens with zero attached hydrogens (tertiary/aromatic N) is 3. The van der Waals surface area contributed by atoms with Gasteiger partial charge in [-0.25, -0.2) is 0 Å². The van der Waals surface area contributed by atoms with E-state index in [2.05, 4.69) is 214 Å². The van der Waals surface area contributed by atoms with Crippen LogP contribution in [0.4, 0.5) is 17.1 Å². The predicted octanol–water partition coefficient (Wildman–Crippen LogP) is 12.2. The van der Waals surface area contributed by atoms with E-state index in [9.17, 15) is 0 Å². The van der Waals surface area contributed by atoms with Crippen LogP contribution in [0.15, 0.2) is 205 Å². The van der Waals surface area contributed by atoms with Crippen molar-refractivity contribution < 1.29 is 0 Å². The Labute approximate surface area is 359 Å². The number of para-hydroxylation sites is 4. The smallest absolute Gasteiger partial charge is 0.248 e. The zero-order chi connectivity index (χ0) is 40.2. The van der Waals surface area contributed by atoms with Gasteiger partial charge in [0.1, 0.15) is 0 Å². The first-order valence-corrected chi connectivity index (χ1v) is 21.9. The molecule has 8 aromatic carbocycles. The molecule has 2 aliphatic heterocycles. The van der Waals surface area contributed by atoms with Crippen LogP contribution in [-0.4, -0.2) is 15.8 Å². The quantitative estimate of drug-likeness (QED) is 0.163. The molecule has 4 heterocycles. The lowest BCUT2D eigenvalue weighted by Gasteiger charge is -2.38. The van der Waals surface area contributed by atoms with E-state index in [0.29, 0.717) is 5.92 Å². The fourth-order valence-corrected chi connectivity index (χ4v) is 12.1. The van der Waals surface area contributed by atoms with Crippen molar-refractivity contribution in [2.24, 2.45) is 0 Å². The van der Waals surface area contributed by atoms with Crippen LogP contribution in [0.1, 0.15) is 22.6 Å². The van der Waals surface area contributed by atoms with Gasteiger partial charge in [-0.05, 0) is 129 Å². The molecule has 0 bridgehead atoms. The van der Waals surface area contributed by atoms with Crippen molar-refractivity contribution in [3.05, 3.63) is 222 Å². The van der Waals surface area contributed by atoms with Crippen molar-refractivity contribution in [1.82, 2.24) is 9.13 Å². The summed E-state index contributed by atoms with van der Waals surface area (Å²) in [4.78, 5) is 2.58. The SMILES string of the molecule is C1=CC2=CCc3cc(N4c5ccc(-n6c7ccccc7c7ccccc76)cc5B5c6cc(-n7c8ccccc8c8ccccc87)ccc6-c6cccc4c65)cc4c3C2C(=C1)C=C4. The van der Waals surface area contributed by atoms with Crippen LogP contribution >= 0.6 is 0 Å². The highest BCUT2D eigenvalue weighted by molar-refractivity contribution is 7.01. The van der Waals surface area contributed by atoms with Crippen molar-refractivity contribution in [1.29, 1.82) is 0 Å². The molecule has 3 nitrogen and oxygen atoms in total. The van der Waals surface area contributed by atoms with Crippen molar-refractivity contribution in [2.45, 2.75) is 12.3 Å². The first-order valence-electron chi connectivity index (χ1n) is 21.9. The summed E-state index contributed by atoms with van der Waals surface area (Å²) in [5.41, 5.74) is 24.8. The van der Waals surface area contributed by atoms with Gasteiger partial charge in [0.05, 0.1) is 22.1 Å². The minimum Gasteiger partial charge on any atom is -0.311 e. The second-order valence-corrected chi connectivity index (χ2v) is 17.6. The van der Waals surface area contributed by atoms with E-state index in [0.717, 1.165) is 6.42 Å². The summed E-state index contributed by atoms with van der Waals surface area (Å²) in [6.07, 6.45) is 14.9. The third kappa shape index (κ3) is 4.21. The lowest BCUT2D eigenvalue weighted by molar-refractivity contribution is 0.892. The minimum atomic E-state index is 0.0478. The minimum absolute atomic E-state index is 0.0478. The van der Waals surface area contributed by atoms with E-state index >= 15 is 0 Å².